The molecule has 3 fully saturated rings. The molecule has 13 nitrogen and oxygen atoms in total. The van der Waals surface area contributed by atoms with Crippen molar-refractivity contribution in [2.45, 2.75) is 56.8 Å². The zero-order valence-corrected chi connectivity index (χ0v) is 24.5. The summed E-state index contributed by atoms with van der Waals surface area (Å²) in [5, 5.41) is 8.23. The van der Waals surface area contributed by atoms with Gasteiger partial charge in [-0.15, -0.1) is 0 Å². The van der Waals surface area contributed by atoms with Crippen LogP contribution >= 0.6 is 0 Å². The first-order valence-corrected chi connectivity index (χ1v) is 14.4. The van der Waals surface area contributed by atoms with Crippen molar-refractivity contribution in [2.75, 3.05) is 59.7 Å². The molecule has 4 amide bonds. The zero-order chi connectivity index (χ0) is 30.3. The molecular formula is C29H41N5O8. The fourth-order valence-corrected chi connectivity index (χ4v) is 5.02. The highest BCUT2D eigenvalue weighted by Gasteiger charge is 2.51. The van der Waals surface area contributed by atoms with Gasteiger partial charge in [0.2, 0.25) is 23.6 Å². The number of hydrogen-bond acceptors (Lipinski definition) is 9. The van der Waals surface area contributed by atoms with Crippen LogP contribution in [0.25, 0.3) is 0 Å². The van der Waals surface area contributed by atoms with E-state index < -0.39 is 35.5 Å². The average Bonchev–Trinajstić information content (AvgIpc) is 3.61. The van der Waals surface area contributed by atoms with Gasteiger partial charge in [0.05, 0.1) is 33.5 Å². The lowest BCUT2D eigenvalue weighted by molar-refractivity contribution is -0.135. The molecule has 3 aliphatic rings. The van der Waals surface area contributed by atoms with Gasteiger partial charge in [0, 0.05) is 39.0 Å². The van der Waals surface area contributed by atoms with Crippen LogP contribution in [0.3, 0.4) is 0 Å². The van der Waals surface area contributed by atoms with Crippen molar-refractivity contribution in [1.29, 1.82) is 0 Å². The third-order valence-electron chi connectivity index (χ3n) is 7.78. The molecule has 4 rings (SSSR count). The molecule has 0 unspecified atom stereocenters. The molecule has 3 N–H and O–H groups in total. The van der Waals surface area contributed by atoms with E-state index in [1.165, 1.54) is 0 Å². The number of rotatable bonds is 14. The number of methoxy groups -OCH3 is 1. The Morgan fingerprint density at radius 3 is 2.26 bits per heavy atom. The summed E-state index contributed by atoms with van der Waals surface area (Å²) in [6.45, 7) is 6.46. The number of amides is 4. The van der Waals surface area contributed by atoms with Crippen LogP contribution in [0.15, 0.2) is 24.3 Å². The largest absolute Gasteiger partial charge is 0.497 e. The van der Waals surface area contributed by atoms with E-state index in [0.29, 0.717) is 51.4 Å². The predicted octanol–water partition coefficient (Wildman–Crippen LogP) is -0.975. The minimum atomic E-state index is -1.07. The van der Waals surface area contributed by atoms with Crippen LogP contribution in [0.4, 0.5) is 0 Å². The van der Waals surface area contributed by atoms with Crippen molar-refractivity contribution in [2.24, 2.45) is 0 Å². The molecule has 0 bridgehead atoms. The second-order valence-electron chi connectivity index (χ2n) is 11.2. The predicted molar refractivity (Wildman–Crippen MR) is 151 cm³/mol. The van der Waals surface area contributed by atoms with Crippen LogP contribution in [-0.2, 0) is 39.9 Å². The number of ketones is 1. The van der Waals surface area contributed by atoms with E-state index in [0.717, 1.165) is 5.56 Å². The van der Waals surface area contributed by atoms with E-state index >= 15 is 0 Å². The summed E-state index contributed by atoms with van der Waals surface area (Å²) in [5.74, 6) is -1.20. The number of carbonyl (C=O) groups is 5. The van der Waals surface area contributed by atoms with E-state index in [9.17, 15) is 24.0 Å². The van der Waals surface area contributed by atoms with Crippen molar-refractivity contribution in [3.05, 3.63) is 29.8 Å². The Morgan fingerprint density at radius 1 is 1.00 bits per heavy atom. The lowest BCUT2D eigenvalue weighted by atomic mass is 9.98. The first-order valence-electron chi connectivity index (χ1n) is 14.4. The van der Waals surface area contributed by atoms with Gasteiger partial charge in [0.25, 0.3) is 0 Å². The van der Waals surface area contributed by atoms with Gasteiger partial charge < -0.3 is 35.1 Å². The Labute approximate surface area is 245 Å². The number of hydrogen-bond donors (Lipinski definition) is 3. The van der Waals surface area contributed by atoms with Crippen LogP contribution in [-0.4, -0.2) is 123 Å². The minimum Gasteiger partial charge on any atom is -0.497 e. The molecule has 3 heterocycles. The lowest BCUT2D eigenvalue weighted by Crippen LogP contribution is -2.59. The fourth-order valence-electron chi connectivity index (χ4n) is 5.02. The quantitative estimate of drug-likeness (QED) is 0.233. The Kier molecular flexibility index (Phi) is 10.5. The molecule has 42 heavy (non-hydrogen) atoms. The number of morpholine rings is 1. The van der Waals surface area contributed by atoms with Crippen LogP contribution < -0.4 is 20.7 Å². The minimum absolute atomic E-state index is 0.0273. The zero-order valence-electron chi connectivity index (χ0n) is 24.5. The second-order valence-corrected chi connectivity index (χ2v) is 11.2. The maximum Gasteiger partial charge on any atom is 0.243 e. The first-order chi connectivity index (χ1) is 20.1. The summed E-state index contributed by atoms with van der Waals surface area (Å²) in [5.41, 5.74) is -0.273. The standard InChI is InChI=1S/C29H41N5O8/c1-19(30-24(35)17-33-11-13-41-14-12-33)27(38)31-22(15-20-6-8-21(40-3)9-7-20)28(39)32-23(26(37)29(2)18-42-29)16-34-10-4-5-25(34)36/h6-9,19,22-23H,4-5,10-18H2,1-3H3,(H,30,35)(H,31,38)(H,32,39)/t19-,22-,23-,29-/m0/s1. The molecule has 0 spiro atoms. The summed E-state index contributed by atoms with van der Waals surface area (Å²) in [6.07, 6.45) is 1.20. The number of epoxide rings is 1. The van der Waals surface area contributed by atoms with Gasteiger partial charge in [0.1, 0.15) is 29.5 Å². The summed E-state index contributed by atoms with van der Waals surface area (Å²) in [4.78, 5) is 68.5. The molecule has 1 aromatic carbocycles. The fraction of sp³-hybridized carbons (Fsp3) is 0.621. The molecule has 1 aromatic rings. The van der Waals surface area contributed by atoms with E-state index in [1.807, 2.05) is 4.90 Å². The number of nitrogens with zero attached hydrogens (tertiary/aromatic N) is 2. The van der Waals surface area contributed by atoms with Crippen LogP contribution in [0.1, 0.15) is 32.3 Å². The maximum absolute atomic E-state index is 13.7. The summed E-state index contributed by atoms with van der Waals surface area (Å²) >= 11 is 0. The molecule has 3 saturated heterocycles. The molecular weight excluding hydrogens is 546 g/mol. The lowest BCUT2D eigenvalue weighted by Gasteiger charge is -2.28. The summed E-state index contributed by atoms with van der Waals surface area (Å²) < 4.78 is 15.9. The molecule has 230 valence electrons. The monoisotopic (exact) mass is 587 g/mol. The first kappa shape index (κ1) is 31.4. The molecule has 13 heteroatoms. The second kappa shape index (κ2) is 14.1. The van der Waals surface area contributed by atoms with E-state index in [4.69, 9.17) is 14.2 Å². The number of nitrogens with one attached hydrogen (secondary N) is 3. The van der Waals surface area contributed by atoms with Crippen molar-refractivity contribution < 1.29 is 38.2 Å². The molecule has 4 atom stereocenters. The highest BCUT2D eigenvalue weighted by atomic mass is 16.6. The van der Waals surface area contributed by atoms with E-state index in [2.05, 4.69) is 16.0 Å². The van der Waals surface area contributed by atoms with Crippen LogP contribution in [0.2, 0.25) is 0 Å². The highest BCUT2D eigenvalue weighted by molar-refractivity contribution is 5.99. The van der Waals surface area contributed by atoms with Gasteiger partial charge in [-0.05, 0) is 38.0 Å². The highest BCUT2D eigenvalue weighted by Crippen LogP contribution is 2.29. The number of Topliss-reactive ketones (excluding diaryl/α,β-unsaturated/α-hetero) is 1. The van der Waals surface area contributed by atoms with Gasteiger partial charge in [-0.25, -0.2) is 0 Å². The summed E-state index contributed by atoms with van der Waals surface area (Å²) in [7, 11) is 1.55. The van der Waals surface area contributed by atoms with Crippen molar-refractivity contribution in [3.63, 3.8) is 0 Å². The average molecular weight is 588 g/mol. The van der Waals surface area contributed by atoms with Gasteiger partial charge in [0.15, 0.2) is 5.78 Å². The normalized spacial score (nSPS) is 22.5. The topological polar surface area (TPSA) is 159 Å². The SMILES string of the molecule is COc1ccc(C[C@H](NC(=O)[C@H](C)NC(=O)CN2CCOCC2)C(=O)N[C@@H](CN2CCCC2=O)C(=O)[C@]2(C)CO2)cc1. The van der Waals surface area contributed by atoms with Crippen LogP contribution in [0.5, 0.6) is 5.75 Å². The smallest absolute Gasteiger partial charge is 0.243 e. The number of carbonyl (C=O) groups excluding carboxylic acids is 5. The number of ether oxygens (including phenoxy) is 3. The molecule has 0 saturated carbocycles. The maximum atomic E-state index is 13.7. The molecule has 0 aromatic heterocycles. The Morgan fingerprint density at radius 2 is 1.67 bits per heavy atom. The Balaban J connectivity index is 1.45. The number of likely N-dealkylation sites (tertiary alicyclic amines) is 1. The Bertz CT molecular complexity index is 1150. The van der Waals surface area contributed by atoms with Crippen molar-refractivity contribution in [3.8, 4) is 5.75 Å². The van der Waals surface area contributed by atoms with Gasteiger partial charge >= 0.3 is 0 Å². The van der Waals surface area contributed by atoms with E-state index in [1.54, 1.807) is 50.1 Å². The molecule has 0 aliphatic carbocycles. The van der Waals surface area contributed by atoms with Crippen molar-refractivity contribution in [1.82, 2.24) is 25.8 Å². The van der Waals surface area contributed by atoms with Gasteiger partial charge in [-0.3, -0.25) is 28.9 Å². The molecule has 3 aliphatic heterocycles. The van der Waals surface area contributed by atoms with Gasteiger partial charge in [-0.1, -0.05) is 12.1 Å². The van der Waals surface area contributed by atoms with Gasteiger partial charge in [-0.2, -0.15) is 0 Å². The summed E-state index contributed by atoms with van der Waals surface area (Å²) in [6, 6.07) is 4.07. The number of benzene rings is 1. The third-order valence-corrected chi connectivity index (χ3v) is 7.78. The van der Waals surface area contributed by atoms with E-state index in [-0.39, 0.29) is 43.7 Å². The van der Waals surface area contributed by atoms with Crippen LogP contribution in [0, 0.1) is 0 Å². The Hall–Kier alpha value is -3.55. The third kappa shape index (κ3) is 8.49. The van der Waals surface area contributed by atoms with Crippen molar-refractivity contribution >= 4 is 29.4 Å². The molecule has 0 radical (unpaired) electrons.